The third-order valence-electron chi connectivity index (χ3n) is 2.22. The van der Waals surface area contributed by atoms with Gasteiger partial charge in [-0.05, 0) is 41.1 Å². The Morgan fingerprint density at radius 1 is 1.56 bits per heavy atom. The van der Waals surface area contributed by atoms with Gasteiger partial charge in [-0.25, -0.2) is 9.78 Å². The molecule has 0 bridgehead atoms. The second-order valence-electron chi connectivity index (χ2n) is 3.58. The summed E-state index contributed by atoms with van der Waals surface area (Å²) in [6, 6.07) is 4.89. The van der Waals surface area contributed by atoms with Crippen molar-refractivity contribution in [1.29, 1.82) is 0 Å². The molecule has 0 aliphatic heterocycles. The number of thiazole rings is 1. The zero-order valence-corrected chi connectivity index (χ0v) is 11.9. The van der Waals surface area contributed by atoms with Crippen LogP contribution in [0.2, 0.25) is 0 Å². The maximum absolute atomic E-state index is 11.0. The van der Waals surface area contributed by atoms with Gasteiger partial charge in [0.15, 0.2) is 0 Å². The molecule has 0 saturated carbocycles. The first-order valence-electron chi connectivity index (χ1n) is 5.13. The highest BCUT2D eigenvalue weighted by Gasteiger charge is 2.09. The van der Waals surface area contributed by atoms with E-state index in [0.717, 1.165) is 9.88 Å². The van der Waals surface area contributed by atoms with E-state index < -0.39 is 5.97 Å². The van der Waals surface area contributed by atoms with Crippen LogP contribution in [-0.4, -0.2) is 16.1 Å². The SMILES string of the molecule is Cc1ncc(COc2ccc(Br)c(C(=O)O)c2)s1. The average molecular weight is 328 g/mol. The minimum Gasteiger partial charge on any atom is -0.488 e. The number of aromatic nitrogens is 1. The number of carboxylic acids is 1. The topological polar surface area (TPSA) is 59.4 Å². The van der Waals surface area contributed by atoms with Gasteiger partial charge >= 0.3 is 5.97 Å². The third-order valence-corrected chi connectivity index (χ3v) is 3.80. The second-order valence-corrected chi connectivity index (χ2v) is 5.75. The predicted molar refractivity (Wildman–Crippen MR) is 72.3 cm³/mol. The highest BCUT2D eigenvalue weighted by Crippen LogP contribution is 2.24. The number of nitrogens with zero attached hydrogens (tertiary/aromatic N) is 1. The van der Waals surface area contributed by atoms with Crippen molar-refractivity contribution in [3.63, 3.8) is 0 Å². The van der Waals surface area contributed by atoms with Crippen LogP contribution in [0.3, 0.4) is 0 Å². The van der Waals surface area contributed by atoms with Gasteiger partial charge in [0.25, 0.3) is 0 Å². The number of hydrogen-bond donors (Lipinski definition) is 1. The molecule has 0 saturated heterocycles. The maximum Gasteiger partial charge on any atom is 0.336 e. The molecule has 2 rings (SSSR count). The standard InChI is InChI=1S/C12H10BrNO3S/c1-7-14-5-9(18-7)6-17-8-2-3-11(13)10(4-8)12(15)16/h2-5H,6H2,1H3,(H,15,16). The van der Waals surface area contributed by atoms with Gasteiger partial charge in [0.2, 0.25) is 0 Å². The molecule has 1 aromatic heterocycles. The molecule has 1 aromatic carbocycles. The Labute approximate surface area is 116 Å². The number of carboxylic acid groups (broad SMARTS) is 1. The number of rotatable bonds is 4. The van der Waals surface area contributed by atoms with Gasteiger partial charge < -0.3 is 9.84 Å². The number of ether oxygens (including phenoxy) is 1. The second kappa shape index (κ2) is 5.49. The Morgan fingerprint density at radius 3 is 2.94 bits per heavy atom. The maximum atomic E-state index is 11.0. The van der Waals surface area contributed by atoms with E-state index in [1.807, 2.05) is 6.92 Å². The van der Waals surface area contributed by atoms with E-state index in [0.29, 0.717) is 16.8 Å². The smallest absolute Gasteiger partial charge is 0.336 e. The van der Waals surface area contributed by atoms with E-state index in [-0.39, 0.29) is 5.56 Å². The molecule has 4 nitrogen and oxygen atoms in total. The number of halogens is 1. The Hall–Kier alpha value is -1.40. The van der Waals surface area contributed by atoms with E-state index in [4.69, 9.17) is 9.84 Å². The Bertz CT molecular complexity index is 582. The minimum atomic E-state index is -0.985. The predicted octanol–water partition coefficient (Wildman–Crippen LogP) is 3.49. The molecule has 0 atom stereocenters. The van der Waals surface area contributed by atoms with E-state index in [9.17, 15) is 4.79 Å². The number of carbonyl (C=O) groups is 1. The van der Waals surface area contributed by atoms with Crippen molar-refractivity contribution in [3.05, 3.63) is 44.3 Å². The lowest BCUT2D eigenvalue weighted by atomic mass is 10.2. The zero-order chi connectivity index (χ0) is 13.1. The molecule has 0 spiro atoms. The molecule has 6 heteroatoms. The molecule has 0 fully saturated rings. The Kier molecular flexibility index (Phi) is 3.98. The Balaban J connectivity index is 2.10. The molecule has 0 aliphatic rings. The molecule has 0 unspecified atom stereocenters. The summed E-state index contributed by atoms with van der Waals surface area (Å²) >= 11 is 4.74. The lowest BCUT2D eigenvalue weighted by molar-refractivity contribution is 0.0695. The van der Waals surface area contributed by atoms with Crippen molar-refractivity contribution >= 4 is 33.2 Å². The monoisotopic (exact) mass is 327 g/mol. The summed E-state index contributed by atoms with van der Waals surface area (Å²) in [7, 11) is 0. The van der Waals surface area contributed by atoms with Gasteiger partial charge in [0, 0.05) is 10.7 Å². The van der Waals surface area contributed by atoms with Gasteiger partial charge in [-0.15, -0.1) is 11.3 Å². The molecule has 1 heterocycles. The van der Waals surface area contributed by atoms with Crippen LogP contribution in [0, 0.1) is 6.92 Å². The summed E-state index contributed by atoms with van der Waals surface area (Å²) in [5.74, 6) is -0.456. The summed E-state index contributed by atoms with van der Waals surface area (Å²) in [5, 5.41) is 9.97. The van der Waals surface area contributed by atoms with Crippen LogP contribution in [-0.2, 0) is 6.61 Å². The first-order valence-corrected chi connectivity index (χ1v) is 6.74. The Morgan fingerprint density at radius 2 is 2.33 bits per heavy atom. The van der Waals surface area contributed by atoms with Crippen molar-refractivity contribution in [3.8, 4) is 5.75 Å². The van der Waals surface area contributed by atoms with E-state index in [2.05, 4.69) is 20.9 Å². The molecule has 2 aromatic rings. The zero-order valence-electron chi connectivity index (χ0n) is 9.51. The highest BCUT2D eigenvalue weighted by atomic mass is 79.9. The minimum absolute atomic E-state index is 0.188. The summed E-state index contributed by atoms with van der Waals surface area (Å²) < 4.78 is 6.08. The van der Waals surface area contributed by atoms with Gasteiger partial charge in [0.05, 0.1) is 15.4 Å². The van der Waals surface area contributed by atoms with Crippen LogP contribution >= 0.6 is 27.3 Å². The lowest BCUT2D eigenvalue weighted by Gasteiger charge is -2.06. The number of aryl methyl sites for hydroxylation is 1. The molecular formula is C12H10BrNO3S. The summed E-state index contributed by atoms with van der Waals surface area (Å²) in [5.41, 5.74) is 0.188. The van der Waals surface area contributed by atoms with Gasteiger partial charge in [-0.2, -0.15) is 0 Å². The largest absolute Gasteiger partial charge is 0.488 e. The molecule has 94 valence electrons. The van der Waals surface area contributed by atoms with Gasteiger partial charge in [-0.3, -0.25) is 0 Å². The van der Waals surface area contributed by atoms with Crippen LogP contribution in [0.1, 0.15) is 20.2 Å². The van der Waals surface area contributed by atoms with Crippen LogP contribution in [0.5, 0.6) is 5.75 Å². The van der Waals surface area contributed by atoms with Gasteiger partial charge in [-0.1, -0.05) is 0 Å². The van der Waals surface area contributed by atoms with Crippen LogP contribution in [0.25, 0.3) is 0 Å². The van der Waals surface area contributed by atoms with Crippen molar-refractivity contribution in [1.82, 2.24) is 4.98 Å². The summed E-state index contributed by atoms with van der Waals surface area (Å²) in [4.78, 5) is 16.1. The first kappa shape index (κ1) is 13.0. The summed E-state index contributed by atoms with van der Waals surface area (Å²) in [6.07, 6.45) is 1.76. The molecule has 1 N–H and O–H groups in total. The quantitative estimate of drug-likeness (QED) is 0.933. The van der Waals surface area contributed by atoms with Crippen molar-refractivity contribution in [2.24, 2.45) is 0 Å². The lowest BCUT2D eigenvalue weighted by Crippen LogP contribution is -1.99. The molecule has 18 heavy (non-hydrogen) atoms. The van der Waals surface area contributed by atoms with Crippen LogP contribution in [0.4, 0.5) is 0 Å². The number of benzene rings is 1. The molecule has 0 amide bonds. The average Bonchev–Trinajstić information content (AvgIpc) is 2.74. The number of aromatic carboxylic acids is 1. The molecular weight excluding hydrogens is 318 g/mol. The summed E-state index contributed by atoms with van der Waals surface area (Å²) in [6.45, 7) is 2.32. The third kappa shape index (κ3) is 3.08. The highest BCUT2D eigenvalue weighted by molar-refractivity contribution is 9.10. The molecule has 0 radical (unpaired) electrons. The fourth-order valence-corrected chi connectivity index (χ4v) is 2.51. The van der Waals surface area contributed by atoms with E-state index >= 15 is 0 Å². The van der Waals surface area contributed by atoms with E-state index in [1.165, 1.54) is 6.07 Å². The van der Waals surface area contributed by atoms with E-state index in [1.54, 1.807) is 29.7 Å². The van der Waals surface area contributed by atoms with Crippen molar-refractivity contribution in [2.45, 2.75) is 13.5 Å². The van der Waals surface area contributed by atoms with Gasteiger partial charge in [0.1, 0.15) is 12.4 Å². The fourth-order valence-electron chi connectivity index (χ4n) is 1.38. The molecule has 0 aliphatic carbocycles. The van der Waals surface area contributed by atoms with Crippen molar-refractivity contribution < 1.29 is 14.6 Å². The van der Waals surface area contributed by atoms with Crippen LogP contribution in [0.15, 0.2) is 28.9 Å². The van der Waals surface area contributed by atoms with Crippen molar-refractivity contribution in [2.75, 3.05) is 0 Å². The fraction of sp³-hybridized carbons (Fsp3) is 0.167. The normalized spacial score (nSPS) is 10.3. The first-order chi connectivity index (χ1) is 8.56. The number of hydrogen-bond acceptors (Lipinski definition) is 4. The van der Waals surface area contributed by atoms with Crippen LogP contribution < -0.4 is 4.74 Å².